The summed E-state index contributed by atoms with van der Waals surface area (Å²) in [4.78, 5) is 12.5. The van der Waals surface area contributed by atoms with Crippen LogP contribution in [0.4, 0.5) is 0 Å². The number of nitrogens with two attached hydrogens (primary N) is 1. The highest BCUT2D eigenvalue weighted by Crippen LogP contribution is 2.18. The Bertz CT molecular complexity index is 363. The number of rotatable bonds is 7. The van der Waals surface area contributed by atoms with Crippen LogP contribution in [-0.4, -0.2) is 24.4 Å². The van der Waals surface area contributed by atoms with Gasteiger partial charge in [-0.25, -0.2) is 0 Å². The Labute approximate surface area is 110 Å². The van der Waals surface area contributed by atoms with Crippen molar-refractivity contribution in [3.05, 3.63) is 35.9 Å². The standard InChI is InChI=1S/C15H24N2O/c1-4-15(5-2,17-3)14(18)13(16)11-12-9-7-6-8-10-12/h6-10,13,17H,4-5,11,16H2,1-3H3. The summed E-state index contributed by atoms with van der Waals surface area (Å²) in [5, 5.41) is 3.15. The van der Waals surface area contributed by atoms with E-state index in [9.17, 15) is 4.79 Å². The molecular weight excluding hydrogens is 224 g/mol. The van der Waals surface area contributed by atoms with Gasteiger partial charge in [-0.1, -0.05) is 44.2 Å². The van der Waals surface area contributed by atoms with Gasteiger partial charge in [0.1, 0.15) is 0 Å². The van der Waals surface area contributed by atoms with Crippen LogP contribution in [0.15, 0.2) is 30.3 Å². The molecule has 0 saturated heterocycles. The number of carbonyl (C=O) groups excluding carboxylic acids is 1. The fraction of sp³-hybridized carbons (Fsp3) is 0.533. The van der Waals surface area contributed by atoms with E-state index in [0.717, 1.165) is 18.4 Å². The van der Waals surface area contributed by atoms with Gasteiger partial charge in [0.05, 0.1) is 11.6 Å². The average Bonchev–Trinajstić information content (AvgIpc) is 2.42. The summed E-state index contributed by atoms with van der Waals surface area (Å²) in [6.07, 6.45) is 2.13. The molecule has 0 bridgehead atoms. The maximum Gasteiger partial charge on any atom is 0.169 e. The smallest absolute Gasteiger partial charge is 0.169 e. The maximum atomic E-state index is 12.5. The Balaban J connectivity index is 2.77. The van der Waals surface area contributed by atoms with E-state index in [1.165, 1.54) is 0 Å². The van der Waals surface area contributed by atoms with Crippen LogP contribution < -0.4 is 11.1 Å². The van der Waals surface area contributed by atoms with Gasteiger partial charge in [0.15, 0.2) is 5.78 Å². The molecule has 0 spiro atoms. The highest BCUT2D eigenvalue weighted by atomic mass is 16.1. The van der Waals surface area contributed by atoms with Crippen molar-refractivity contribution in [1.82, 2.24) is 5.32 Å². The average molecular weight is 248 g/mol. The van der Waals surface area contributed by atoms with Gasteiger partial charge < -0.3 is 11.1 Å². The molecular formula is C15H24N2O. The largest absolute Gasteiger partial charge is 0.321 e. The first-order chi connectivity index (χ1) is 8.59. The lowest BCUT2D eigenvalue weighted by Crippen LogP contribution is -2.56. The predicted molar refractivity (Wildman–Crippen MR) is 75.5 cm³/mol. The number of ketones is 1. The molecule has 100 valence electrons. The fourth-order valence-corrected chi connectivity index (χ4v) is 2.39. The number of benzene rings is 1. The molecule has 0 amide bonds. The van der Waals surface area contributed by atoms with E-state index in [4.69, 9.17) is 5.73 Å². The molecule has 0 radical (unpaired) electrons. The van der Waals surface area contributed by atoms with Gasteiger partial charge in [-0.2, -0.15) is 0 Å². The first-order valence-electron chi connectivity index (χ1n) is 6.62. The van der Waals surface area contributed by atoms with Crippen molar-refractivity contribution in [3.63, 3.8) is 0 Å². The zero-order chi connectivity index (χ0) is 13.6. The van der Waals surface area contributed by atoms with Crippen molar-refractivity contribution < 1.29 is 4.79 Å². The molecule has 3 nitrogen and oxygen atoms in total. The third-order valence-electron chi connectivity index (χ3n) is 3.79. The number of carbonyl (C=O) groups is 1. The summed E-state index contributed by atoms with van der Waals surface area (Å²) in [5.41, 5.74) is 6.70. The molecule has 1 unspecified atom stereocenters. The lowest BCUT2D eigenvalue weighted by Gasteiger charge is -2.32. The SMILES string of the molecule is CCC(CC)(NC)C(=O)C(N)Cc1ccccc1. The van der Waals surface area contributed by atoms with E-state index in [-0.39, 0.29) is 5.78 Å². The van der Waals surface area contributed by atoms with E-state index in [1.807, 2.05) is 51.2 Å². The van der Waals surface area contributed by atoms with Crippen LogP contribution in [0.3, 0.4) is 0 Å². The van der Waals surface area contributed by atoms with Crippen LogP contribution in [0.25, 0.3) is 0 Å². The number of likely N-dealkylation sites (N-methyl/N-ethyl adjacent to an activating group) is 1. The van der Waals surface area contributed by atoms with Crippen molar-refractivity contribution >= 4 is 5.78 Å². The predicted octanol–water partition coefficient (Wildman–Crippen LogP) is 1.90. The Morgan fingerprint density at radius 3 is 2.28 bits per heavy atom. The van der Waals surface area contributed by atoms with Crippen molar-refractivity contribution in [2.45, 2.75) is 44.7 Å². The van der Waals surface area contributed by atoms with Crippen LogP contribution >= 0.6 is 0 Å². The fourth-order valence-electron chi connectivity index (χ4n) is 2.39. The minimum absolute atomic E-state index is 0.110. The van der Waals surface area contributed by atoms with Crippen molar-refractivity contribution in [2.75, 3.05) is 7.05 Å². The monoisotopic (exact) mass is 248 g/mol. The first-order valence-corrected chi connectivity index (χ1v) is 6.62. The molecule has 3 N–H and O–H groups in total. The lowest BCUT2D eigenvalue weighted by atomic mass is 9.83. The molecule has 18 heavy (non-hydrogen) atoms. The number of hydrogen-bond acceptors (Lipinski definition) is 3. The molecule has 3 heteroatoms. The maximum absolute atomic E-state index is 12.5. The minimum atomic E-state index is -0.478. The summed E-state index contributed by atoms with van der Waals surface area (Å²) >= 11 is 0. The van der Waals surface area contributed by atoms with Gasteiger partial charge >= 0.3 is 0 Å². The van der Waals surface area contributed by atoms with Crippen LogP contribution in [0.5, 0.6) is 0 Å². The second-order valence-electron chi connectivity index (χ2n) is 4.70. The second-order valence-corrected chi connectivity index (χ2v) is 4.70. The Morgan fingerprint density at radius 2 is 1.83 bits per heavy atom. The summed E-state index contributed by atoms with van der Waals surface area (Å²) < 4.78 is 0. The van der Waals surface area contributed by atoms with Gasteiger partial charge in [-0.15, -0.1) is 0 Å². The van der Waals surface area contributed by atoms with E-state index in [0.29, 0.717) is 6.42 Å². The molecule has 0 saturated carbocycles. The zero-order valence-corrected chi connectivity index (χ0v) is 11.6. The Hall–Kier alpha value is -1.19. The van der Waals surface area contributed by atoms with E-state index >= 15 is 0 Å². The molecule has 1 atom stereocenters. The third kappa shape index (κ3) is 3.18. The third-order valence-corrected chi connectivity index (χ3v) is 3.79. The summed E-state index contributed by atoms with van der Waals surface area (Å²) in [5.74, 6) is 0.110. The zero-order valence-electron chi connectivity index (χ0n) is 11.6. The van der Waals surface area contributed by atoms with Crippen LogP contribution in [0.1, 0.15) is 32.3 Å². The molecule has 0 aromatic heterocycles. The molecule has 1 rings (SSSR count). The number of Topliss-reactive ketones (excluding diaryl/α,β-unsaturated/α-hetero) is 1. The highest BCUT2D eigenvalue weighted by Gasteiger charge is 2.36. The summed E-state index contributed by atoms with van der Waals surface area (Å²) in [6, 6.07) is 9.47. The number of nitrogens with one attached hydrogen (secondary N) is 1. The van der Waals surface area contributed by atoms with E-state index < -0.39 is 11.6 Å². The Morgan fingerprint density at radius 1 is 1.28 bits per heavy atom. The van der Waals surface area contributed by atoms with Gasteiger partial charge in [-0.3, -0.25) is 4.79 Å². The second kappa shape index (κ2) is 6.66. The van der Waals surface area contributed by atoms with Crippen molar-refractivity contribution in [2.24, 2.45) is 5.73 Å². The Kier molecular flexibility index (Phi) is 5.51. The van der Waals surface area contributed by atoms with Crippen LogP contribution in [0.2, 0.25) is 0 Å². The van der Waals surface area contributed by atoms with Crippen molar-refractivity contribution in [3.8, 4) is 0 Å². The van der Waals surface area contributed by atoms with Crippen LogP contribution in [-0.2, 0) is 11.2 Å². The molecule has 0 aliphatic rings. The van der Waals surface area contributed by atoms with Gasteiger partial charge in [0.2, 0.25) is 0 Å². The first kappa shape index (κ1) is 14.9. The van der Waals surface area contributed by atoms with E-state index in [1.54, 1.807) is 0 Å². The van der Waals surface area contributed by atoms with E-state index in [2.05, 4.69) is 5.32 Å². The summed E-state index contributed by atoms with van der Waals surface area (Å²) in [6.45, 7) is 4.04. The molecule has 1 aromatic rings. The molecule has 0 aliphatic carbocycles. The quantitative estimate of drug-likeness (QED) is 0.775. The summed E-state index contributed by atoms with van der Waals surface area (Å²) in [7, 11) is 1.83. The molecule has 0 fully saturated rings. The molecule has 0 aliphatic heterocycles. The normalized spacial score (nSPS) is 13.3. The van der Waals surface area contributed by atoms with Crippen LogP contribution in [0, 0.1) is 0 Å². The molecule has 0 heterocycles. The minimum Gasteiger partial charge on any atom is -0.321 e. The highest BCUT2D eigenvalue weighted by molar-refractivity contribution is 5.93. The topological polar surface area (TPSA) is 55.1 Å². The van der Waals surface area contributed by atoms with Gasteiger partial charge in [0, 0.05) is 0 Å². The number of hydrogen-bond donors (Lipinski definition) is 2. The van der Waals surface area contributed by atoms with Crippen molar-refractivity contribution in [1.29, 1.82) is 0 Å². The lowest BCUT2D eigenvalue weighted by molar-refractivity contribution is -0.126. The van der Waals surface area contributed by atoms with Gasteiger partial charge in [0.25, 0.3) is 0 Å². The molecule has 1 aromatic carbocycles. The van der Waals surface area contributed by atoms with Gasteiger partial charge in [-0.05, 0) is 31.9 Å².